The van der Waals surface area contributed by atoms with E-state index >= 15 is 0 Å². The van der Waals surface area contributed by atoms with Gasteiger partial charge in [-0.25, -0.2) is 0 Å². The van der Waals surface area contributed by atoms with Crippen LogP contribution in [0.2, 0.25) is 0 Å². The quantitative estimate of drug-likeness (QED) is 0.439. The zero-order chi connectivity index (χ0) is 19.2. The van der Waals surface area contributed by atoms with Crippen LogP contribution in [0.4, 0.5) is 17.1 Å². The second-order valence-corrected chi connectivity index (χ2v) is 5.75. The Kier molecular flexibility index (Phi) is 6.18. The molecular formula is C21H18IN3O2. The largest absolute Gasteiger partial charge is 0.320 e. The fraction of sp³-hybridized carbons (Fsp3) is 0.0952. The van der Waals surface area contributed by atoms with E-state index in [1.807, 2.05) is 41.3 Å². The van der Waals surface area contributed by atoms with Crippen LogP contribution < -0.4 is 10.2 Å². The lowest BCUT2D eigenvalue weighted by molar-refractivity contribution is -0.117. The summed E-state index contributed by atoms with van der Waals surface area (Å²) in [6, 6.07) is 18.1. The van der Waals surface area contributed by atoms with Crippen LogP contribution in [0.25, 0.3) is 0 Å². The smallest absolute Gasteiger partial charge is 0.257 e. The van der Waals surface area contributed by atoms with Gasteiger partial charge in [0.05, 0.1) is 29.0 Å². The van der Waals surface area contributed by atoms with Gasteiger partial charge in [0.15, 0.2) is 0 Å². The van der Waals surface area contributed by atoms with Gasteiger partial charge in [-0.05, 0) is 46.9 Å². The highest BCUT2D eigenvalue weighted by molar-refractivity contribution is 14.1. The maximum atomic E-state index is 13.1. The number of carbonyl (C=O) groups excluding carboxylic acids is 2. The number of anilines is 3. The number of halogens is 1. The Morgan fingerprint density at radius 1 is 0.963 bits per heavy atom. The Balaban J connectivity index is 0.00000102. The molecular weight excluding hydrogens is 453 g/mol. The van der Waals surface area contributed by atoms with Crippen molar-refractivity contribution in [3.8, 4) is 0 Å². The topological polar surface area (TPSA) is 62.3 Å². The molecule has 27 heavy (non-hydrogen) atoms. The molecule has 3 aromatic rings. The molecule has 2 aromatic carbocycles. The highest BCUT2D eigenvalue weighted by Crippen LogP contribution is 2.37. The monoisotopic (exact) mass is 471 g/mol. The molecule has 6 heteroatoms. The number of aromatic nitrogens is 1. The molecule has 0 aliphatic carbocycles. The number of pyridine rings is 1. The second kappa shape index (κ2) is 8.77. The molecule has 0 bridgehead atoms. The molecule has 1 aromatic heterocycles. The van der Waals surface area contributed by atoms with Gasteiger partial charge in [-0.15, -0.1) is 0 Å². The summed E-state index contributed by atoms with van der Waals surface area (Å²) in [7, 11) is 0. The molecule has 5 nitrogen and oxygen atoms in total. The van der Waals surface area contributed by atoms with Crippen molar-refractivity contribution in [1.29, 1.82) is 0 Å². The Labute approximate surface area is 171 Å². The minimum absolute atomic E-state index is 0.109. The van der Waals surface area contributed by atoms with E-state index in [9.17, 15) is 9.59 Å². The van der Waals surface area contributed by atoms with Gasteiger partial charge >= 0.3 is 0 Å². The van der Waals surface area contributed by atoms with Crippen molar-refractivity contribution in [2.24, 2.45) is 0 Å². The molecule has 4 rings (SSSR count). The normalized spacial score (nSPS) is 11.9. The van der Waals surface area contributed by atoms with Crippen LogP contribution in [0.1, 0.15) is 15.9 Å². The fourth-order valence-electron chi connectivity index (χ4n) is 2.98. The first-order valence-electron chi connectivity index (χ1n) is 8.33. The Hall–Kier alpha value is -2.74. The second-order valence-electron chi connectivity index (χ2n) is 5.75. The highest BCUT2D eigenvalue weighted by Gasteiger charge is 2.28. The first kappa shape index (κ1) is 19.0. The van der Waals surface area contributed by atoms with Crippen molar-refractivity contribution >= 4 is 51.5 Å². The number of nitrogens with zero attached hydrogens (tertiary/aromatic N) is 2. The molecule has 1 N–H and O–H groups in total. The summed E-state index contributed by atoms with van der Waals surface area (Å²) in [6.45, 7) is 0. The minimum Gasteiger partial charge on any atom is -0.320 e. The van der Waals surface area contributed by atoms with Crippen molar-refractivity contribution in [1.82, 2.24) is 4.98 Å². The number of amides is 2. The Morgan fingerprint density at radius 2 is 1.59 bits per heavy atom. The zero-order valence-electron chi connectivity index (χ0n) is 14.7. The number of carbonyl (C=O) groups is 2. The van der Waals surface area contributed by atoms with E-state index in [4.69, 9.17) is 0 Å². The first-order valence-corrected chi connectivity index (χ1v) is 10.5. The van der Waals surface area contributed by atoms with Crippen molar-refractivity contribution in [2.75, 3.05) is 15.1 Å². The number of alkyl halides is 1. The van der Waals surface area contributed by atoms with Gasteiger partial charge in [-0.3, -0.25) is 19.5 Å². The average molecular weight is 471 g/mol. The van der Waals surface area contributed by atoms with E-state index in [0.29, 0.717) is 22.6 Å². The van der Waals surface area contributed by atoms with Crippen LogP contribution in [-0.4, -0.2) is 21.7 Å². The Morgan fingerprint density at radius 3 is 2.33 bits per heavy atom. The fourth-order valence-corrected chi connectivity index (χ4v) is 2.98. The lowest BCUT2D eigenvalue weighted by atomic mass is 10.1. The summed E-state index contributed by atoms with van der Waals surface area (Å²) >= 11 is 2.15. The van der Waals surface area contributed by atoms with Gasteiger partial charge < -0.3 is 5.32 Å². The number of benzene rings is 2. The molecule has 1 aliphatic rings. The standard InChI is InChI=1S/C20H15N3O2.CH3I/c24-19(13-14-9-11-21-12-10-14)23-17-7-3-1-5-15(17)20(25)22-16-6-2-4-8-18(16)23;1-2/h1-12H,13H2,(H,22,25);1H3. The summed E-state index contributed by atoms with van der Waals surface area (Å²) in [4.78, 5) is 33.2. The SMILES string of the molecule is CI.O=C1Nc2ccccc2N(C(=O)Cc2ccncc2)c2ccccc21. The lowest BCUT2D eigenvalue weighted by Crippen LogP contribution is -2.28. The maximum absolute atomic E-state index is 13.1. The molecule has 0 unspecified atom stereocenters. The van der Waals surface area contributed by atoms with E-state index in [-0.39, 0.29) is 18.2 Å². The lowest BCUT2D eigenvalue weighted by Gasteiger charge is -2.24. The van der Waals surface area contributed by atoms with Crippen molar-refractivity contribution in [2.45, 2.75) is 6.42 Å². The highest BCUT2D eigenvalue weighted by atomic mass is 127. The molecule has 2 heterocycles. The third-order valence-electron chi connectivity index (χ3n) is 4.14. The number of hydrogen-bond acceptors (Lipinski definition) is 3. The summed E-state index contributed by atoms with van der Waals surface area (Å²) in [5, 5.41) is 2.88. The van der Waals surface area contributed by atoms with Crippen molar-refractivity contribution in [3.63, 3.8) is 0 Å². The average Bonchev–Trinajstić information content (AvgIpc) is 2.84. The molecule has 2 amide bonds. The van der Waals surface area contributed by atoms with E-state index in [2.05, 4.69) is 32.9 Å². The van der Waals surface area contributed by atoms with Gasteiger partial charge in [0, 0.05) is 12.4 Å². The molecule has 0 atom stereocenters. The molecule has 1 aliphatic heterocycles. The van der Waals surface area contributed by atoms with Crippen LogP contribution in [0, 0.1) is 0 Å². The van der Waals surface area contributed by atoms with Gasteiger partial charge in [0.25, 0.3) is 5.91 Å². The first-order chi connectivity index (χ1) is 13.2. The molecule has 0 fully saturated rings. The molecule has 0 saturated heterocycles. The van der Waals surface area contributed by atoms with Gasteiger partial charge in [0.1, 0.15) is 0 Å². The van der Waals surface area contributed by atoms with Gasteiger partial charge in [-0.1, -0.05) is 46.9 Å². The van der Waals surface area contributed by atoms with Crippen molar-refractivity contribution in [3.05, 3.63) is 84.2 Å². The summed E-state index contributed by atoms with van der Waals surface area (Å²) in [6.07, 6.45) is 3.55. The van der Waals surface area contributed by atoms with Crippen LogP contribution >= 0.6 is 22.6 Å². The summed E-state index contributed by atoms with van der Waals surface area (Å²) < 4.78 is 0. The van der Waals surface area contributed by atoms with Gasteiger partial charge in [-0.2, -0.15) is 0 Å². The number of nitrogens with one attached hydrogen (secondary N) is 1. The minimum atomic E-state index is -0.220. The van der Waals surface area contributed by atoms with E-state index in [0.717, 1.165) is 5.56 Å². The summed E-state index contributed by atoms with van der Waals surface area (Å²) in [5.74, 6) is -0.329. The molecule has 0 radical (unpaired) electrons. The molecule has 0 spiro atoms. The van der Waals surface area contributed by atoms with Crippen molar-refractivity contribution < 1.29 is 9.59 Å². The third kappa shape index (κ3) is 4.00. The zero-order valence-corrected chi connectivity index (χ0v) is 16.9. The summed E-state index contributed by atoms with van der Waals surface area (Å²) in [5.41, 5.74) is 3.22. The number of hydrogen-bond donors (Lipinski definition) is 1. The van der Waals surface area contributed by atoms with E-state index < -0.39 is 0 Å². The predicted octanol–water partition coefficient (Wildman–Crippen LogP) is 4.61. The van der Waals surface area contributed by atoms with Gasteiger partial charge in [0.2, 0.25) is 5.91 Å². The predicted molar refractivity (Wildman–Crippen MR) is 116 cm³/mol. The maximum Gasteiger partial charge on any atom is 0.257 e. The van der Waals surface area contributed by atoms with Crippen LogP contribution in [-0.2, 0) is 11.2 Å². The molecule has 0 saturated carbocycles. The van der Waals surface area contributed by atoms with Crippen LogP contribution in [0.15, 0.2) is 73.1 Å². The third-order valence-corrected chi connectivity index (χ3v) is 4.14. The van der Waals surface area contributed by atoms with E-state index in [1.54, 1.807) is 41.6 Å². The number of rotatable bonds is 2. The number of para-hydroxylation sites is 3. The van der Waals surface area contributed by atoms with Crippen LogP contribution in [0.3, 0.4) is 0 Å². The Bertz CT molecular complexity index is 960. The van der Waals surface area contributed by atoms with Crippen LogP contribution in [0.5, 0.6) is 0 Å². The number of fused-ring (bicyclic) bond motifs is 2. The van der Waals surface area contributed by atoms with E-state index in [1.165, 1.54) is 0 Å². The molecule has 136 valence electrons.